The lowest BCUT2D eigenvalue weighted by molar-refractivity contribution is -0.137. The second-order valence-corrected chi connectivity index (χ2v) is 5.12. The van der Waals surface area contributed by atoms with E-state index in [0.29, 0.717) is 11.4 Å². The highest BCUT2D eigenvalue weighted by molar-refractivity contribution is 7.71. The average molecular weight is 349 g/mol. The third-order valence-electron chi connectivity index (χ3n) is 3.15. The van der Waals surface area contributed by atoms with Gasteiger partial charge in [-0.05, 0) is 30.4 Å². The van der Waals surface area contributed by atoms with E-state index < -0.39 is 11.7 Å². The summed E-state index contributed by atoms with van der Waals surface area (Å²) in [4.78, 5) is 3.97. The van der Waals surface area contributed by atoms with Gasteiger partial charge >= 0.3 is 6.18 Å². The van der Waals surface area contributed by atoms with E-state index in [0.717, 1.165) is 12.3 Å². The van der Waals surface area contributed by atoms with Gasteiger partial charge < -0.3 is 0 Å². The third-order valence-corrected chi connectivity index (χ3v) is 3.41. The number of nitrogens with one attached hydrogen (secondary N) is 1. The first kappa shape index (κ1) is 16.1. The van der Waals surface area contributed by atoms with Crippen molar-refractivity contribution < 1.29 is 13.2 Å². The van der Waals surface area contributed by atoms with Gasteiger partial charge in [0.2, 0.25) is 4.77 Å². The van der Waals surface area contributed by atoms with E-state index >= 15 is 0 Å². The normalized spacial score (nSPS) is 12.0. The van der Waals surface area contributed by atoms with E-state index in [1.807, 2.05) is 0 Å². The first-order valence-corrected chi connectivity index (χ1v) is 7.16. The number of hydrogen-bond donors (Lipinski definition) is 1. The van der Waals surface area contributed by atoms with Crippen molar-refractivity contribution >= 4 is 18.4 Å². The molecule has 0 saturated heterocycles. The molecule has 0 saturated carbocycles. The van der Waals surface area contributed by atoms with Gasteiger partial charge in [-0.15, -0.1) is 0 Å². The van der Waals surface area contributed by atoms with E-state index in [2.05, 4.69) is 20.3 Å². The molecule has 0 bridgehead atoms. The first-order chi connectivity index (χ1) is 11.5. The number of hydrogen-bond acceptors (Lipinski definition) is 4. The Bertz CT molecular complexity index is 928. The minimum atomic E-state index is -4.47. The fraction of sp³-hybridized carbons (Fsp3) is 0.0667. The van der Waals surface area contributed by atoms with Crippen molar-refractivity contribution in [1.29, 1.82) is 0 Å². The maximum Gasteiger partial charge on any atom is 0.417 e. The molecule has 1 aromatic carbocycles. The molecule has 0 unspecified atom stereocenters. The molecular formula is C15H10F3N5S. The molecule has 2 aromatic heterocycles. The summed E-state index contributed by atoms with van der Waals surface area (Å²) < 4.78 is 40.5. The quantitative estimate of drug-likeness (QED) is 0.576. The highest BCUT2D eigenvalue weighted by Gasteiger charge is 2.32. The number of nitrogens with zero attached hydrogens (tertiary/aromatic N) is 4. The molecule has 0 amide bonds. The third kappa shape index (κ3) is 3.25. The molecule has 0 aliphatic heterocycles. The van der Waals surface area contributed by atoms with Gasteiger partial charge in [-0.1, -0.05) is 18.2 Å². The van der Waals surface area contributed by atoms with E-state index in [9.17, 15) is 13.2 Å². The van der Waals surface area contributed by atoms with Crippen molar-refractivity contribution in [2.24, 2.45) is 5.10 Å². The van der Waals surface area contributed by atoms with Crippen LogP contribution in [0.5, 0.6) is 0 Å². The maximum absolute atomic E-state index is 13.0. The molecule has 0 atom stereocenters. The SMILES string of the molecule is FC(F)(F)c1ccccc1C=Nn1c(-c2cccnc2)n[nH]c1=S. The Morgan fingerprint density at radius 1 is 1.17 bits per heavy atom. The number of benzene rings is 1. The zero-order valence-corrected chi connectivity index (χ0v) is 12.8. The van der Waals surface area contributed by atoms with Gasteiger partial charge in [-0.3, -0.25) is 4.98 Å². The lowest BCUT2D eigenvalue weighted by atomic mass is 10.1. The summed E-state index contributed by atoms with van der Waals surface area (Å²) in [6.07, 6.45) is -0.209. The number of pyridine rings is 1. The first-order valence-electron chi connectivity index (χ1n) is 6.75. The zero-order valence-electron chi connectivity index (χ0n) is 12.0. The molecule has 0 aliphatic carbocycles. The van der Waals surface area contributed by atoms with Gasteiger partial charge in [-0.25, -0.2) is 5.10 Å². The van der Waals surface area contributed by atoms with Crippen LogP contribution in [-0.4, -0.2) is 26.1 Å². The molecule has 9 heteroatoms. The minimum Gasteiger partial charge on any atom is -0.264 e. The van der Waals surface area contributed by atoms with Gasteiger partial charge in [0.25, 0.3) is 0 Å². The van der Waals surface area contributed by atoms with Crippen LogP contribution in [0.1, 0.15) is 11.1 Å². The molecule has 1 N–H and O–H groups in total. The van der Waals surface area contributed by atoms with Crippen LogP contribution < -0.4 is 0 Å². The Morgan fingerprint density at radius 3 is 2.67 bits per heavy atom. The van der Waals surface area contributed by atoms with Crippen LogP contribution in [0.15, 0.2) is 53.9 Å². The number of alkyl halides is 3. The second-order valence-electron chi connectivity index (χ2n) is 4.74. The smallest absolute Gasteiger partial charge is 0.264 e. The molecule has 0 aliphatic rings. The number of aromatic amines is 1. The number of aromatic nitrogens is 4. The standard InChI is InChI=1S/C15H10F3N5S/c16-15(17,18)12-6-2-1-4-10(12)9-20-23-13(21-22-14(23)24)11-5-3-7-19-8-11/h1-9H,(H,22,24). The highest BCUT2D eigenvalue weighted by Crippen LogP contribution is 2.31. The number of halogens is 3. The van der Waals surface area contributed by atoms with Gasteiger partial charge in [-0.2, -0.15) is 28.0 Å². The number of rotatable bonds is 3. The predicted octanol–water partition coefficient (Wildman–Crippen LogP) is 3.90. The molecule has 3 aromatic rings. The Labute approximate surface area is 139 Å². The maximum atomic E-state index is 13.0. The van der Waals surface area contributed by atoms with Crippen LogP contribution in [0.2, 0.25) is 0 Å². The summed E-state index contributed by atoms with van der Waals surface area (Å²) in [6.45, 7) is 0. The summed E-state index contributed by atoms with van der Waals surface area (Å²) in [5.41, 5.74) is -0.206. The molecule has 3 rings (SSSR count). The topological polar surface area (TPSA) is 58.9 Å². The van der Waals surface area contributed by atoms with Crippen molar-refractivity contribution in [2.75, 3.05) is 0 Å². The van der Waals surface area contributed by atoms with Crippen LogP contribution in [0.3, 0.4) is 0 Å². The molecule has 122 valence electrons. The van der Waals surface area contributed by atoms with Gasteiger partial charge in [0.05, 0.1) is 11.8 Å². The van der Waals surface area contributed by atoms with Crippen LogP contribution in [-0.2, 0) is 6.18 Å². The molecule has 5 nitrogen and oxygen atoms in total. The van der Waals surface area contributed by atoms with Gasteiger partial charge in [0, 0.05) is 23.5 Å². The van der Waals surface area contributed by atoms with E-state index in [4.69, 9.17) is 12.2 Å². The van der Waals surface area contributed by atoms with Crippen LogP contribution >= 0.6 is 12.2 Å². The second kappa shape index (κ2) is 6.36. The Hall–Kier alpha value is -2.81. The largest absolute Gasteiger partial charge is 0.417 e. The molecule has 24 heavy (non-hydrogen) atoms. The van der Waals surface area contributed by atoms with Crippen molar-refractivity contribution in [2.45, 2.75) is 6.18 Å². The molecule has 0 fully saturated rings. The molecule has 0 spiro atoms. The summed E-state index contributed by atoms with van der Waals surface area (Å²) in [5.74, 6) is 0.355. The van der Waals surface area contributed by atoms with E-state index in [1.54, 1.807) is 24.5 Å². The van der Waals surface area contributed by atoms with Crippen molar-refractivity contribution in [3.05, 3.63) is 64.7 Å². The average Bonchev–Trinajstić information content (AvgIpc) is 2.94. The molecular weight excluding hydrogens is 339 g/mol. The monoisotopic (exact) mass is 349 g/mol. The Balaban J connectivity index is 2.04. The van der Waals surface area contributed by atoms with E-state index in [1.165, 1.54) is 22.9 Å². The minimum absolute atomic E-state index is 0.0646. The van der Waals surface area contributed by atoms with Crippen molar-refractivity contribution in [3.63, 3.8) is 0 Å². The highest BCUT2D eigenvalue weighted by atomic mass is 32.1. The Morgan fingerprint density at radius 2 is 1.96 bits per heavy atom. The van der Waals surface area contributed by atoms with Crippen molar-refractivity contribution in [1.82, 2.24) is 19.9 Å². The number of H-pyrrole nitrogens is 1. The summed E-state index contributed by atoms with van der Waals surface area (Å²) in [7, 11) is 0. The zero-order chi connectivity index (χ0) is 17.2. The van der Waals surface area contributed by atoms with Crippen molar-refractivity contribution in [3.8, 4) is 11.4 Å². The lowest BCUT2D eigenvalue weighted by Crippen LogP contribution is -2.09. The predicted molar refractivity (Wildman–Crippen MR) is 85.1 cm³/mol. The van der Waals surface area contributed by atoms with Crippen LogP contribution in [0.4, 0.5) is 13.2 Å². The van der Waals surface area contributed by atoms with E-state index in [-0.39, 0.29) is 10.3 Å². The summed E-state index contributed by atoms with van der Waals surface area (Å²) in [6, 6.07) is 8.61. The van der Waals surface area contributed by atoms with Crippen LogP contribution in [0, 0.1) is 4.77 Å². The lowest BCUT2D eigenvalue weighted by Gasteiger charge is -2.09. The molecule has 2 heterocycles. The summed E-state index contributed by atoms with van der Waals surface area (Å²) in [5, 5.41) is 10.7. The fourth-order valence-electron chi connectivity index (χ4n) is 2.07. The van der Waals surface area contributed by atoms with Gasteiger partial charge in [0.15, 0.2) is 5.82 Å². The summed E-state index contributed by atoms with van der Waals surface area (Å²) >= 11 is 5.08. The van der Waals surface area contributed by atoms with Gasteiger partial charge in [0.1, 0.15) is 0 Å². The fourth-order valence-corrected chi connectivity index (χ4v) is 2.25. The Kier molecular flexibility index (Phi) is 4.26. The molecule has 0 radical (unpaired) electrons. The van der Waals surface area contributed by atoms with Crippen LogP contribution in [0.25, 0.3) is 11.4 Å².